The predicted molar refractivity (Wildman–Crippen MR) is 111 cm³/mol. The van der Waals surface area contributed by atoms with Crippen LogP contribution in [-0.4, -0.2) is 10.5 Å². The fourth-order valence-corrected chi connectivity index (χ4v) is 3.85. The SMILES string of the molecule is C#CCn1c(=NC(=O)c2cccc(Oc3ccccc3)c2)sc2ccccc21. The van der Waals surface area contributed by atoms with Crippen molar-refractivity contribution in [2.75, 3.05) is 0 Å². The number of ether oxygens (including phenoxy) is 1. The second kappa shape index (κ2) is 7.95. The minimum atomic E-state index is -0.337. The Morgan fingerprint density at radius 1 is 1.00 bits per heavy atom. The highest BCUT2D eigenvalue weighted by atomic mass is 32.1. The van der Waals surface area contributed by atoms with Gasteiger partial charge in [0.15, 0.2) is 4.80 Å². The lowest BCUT2D eigenvalue weighted by molar-refractivity contribution is 0.0997. The average Bonchev–Trinajstić information content (AvgIpc) is 3.06. The summed E-state index contributed by atoms with van der Waals surface area (Å²) in [4.78, 5) is 17.7. The fourth-order valence-electron chi connectivity index (χ4n) is 2.82. The van der Waals surface area contributed by atoms with E-state index in [4.69, 9.17) is 11.2 Å². The van der Waals surface area contributed by atoms with Crippen LogP contribution in [0.1, 0.15) is 10.4 Å². The lowest BCUT2D eigenvalue weighted by Crippen LogP contribution is -2.16. The number of benzene rings is 3. The van der Waals surface area contributed by atoms with E-state index in [0.717, 1.165) is 10.2 Å². The van der Waals surface area contributed by atoms with Gasteiger partial charge in [-0.25, -0.2) is 0 Å². The monoisotopic (exact) mass is 384 g/mol. The van der Waals surface area contributed by atoms with E-state index in [-0.39, 0.29) is 5.91 Å². The second-order valence-corrected chi connectivity index (χ2v) is 7.01. The summed E-state index contributed by atoms with van der Waals surface area (Å²) in [5, 5.41) is 0. The van der Waals surface area contributed by atoms with Gasteiger partial charge in [-0.15, -0.1) is 6.42 Å². The highest BCUT2D eigenvalue weighted by molar-refractivity contribution is 7.16. The molecule has 1 amide bonds. The Hall–Kier alpha value is -3.62. The van der Waals surface area contributed by atoms with Gasteiger partial charge >= 0.3 is 0 Å². The lowest BCUT2D eigenvalue weighted by Gasteiger charge is -2.06. The number of rotatable bonds is 4. The number of aromatic nitrogens is 1. The van der Waals surface area contributed by atoms with Gasteiger partial charge in [0.05, 0.1) is 16.8 Å². The number of thiazole rings is 1. The summed E-state index contributed by atoms with van der Waals surface area (Å²) in [5.41, 5.74) is 1.43. The van der Waals surface area contributed by atoms with Crippen molar-refractivity contribution in [1.82, 2.24) is 4.57 Å². The summed E-state index contributed by atoms with van der Waals surface area (Å²) in [7, 11) is 0. The third kappa shape index (κ3) is 3.73. The maximum absolute atomic E-state index is 12.8. The van der Waals surface area contributed by atoms with Crippen LogP contribution in [0, 0.1) is 12.3 Å². The quantitative estimate of drug-likeness (QED) is 0.471. The van der Waals surface area contributed by atoms with E-state index in [1.807, 2.05) is 65.2 Å². The van der Waals surface area contributed by atoms with E-state index >= 15 is 0 Å². The van der Waals surface area contributed by atoms with Crippen LogP contribution >= 0.6 is 11.3 Å². The molecule has 0 fully saturated rings. The normalized spacial score (nSPS) is 11.3. The Bertz CT molecular complexity index is 1250. The third-order valence-corrected chi connectivity index (χ3v) is 5.15. The van der Waals surface area contributed by atoms with Gasteiger partial charge in [-0.05, 0) is 42.5 Å². The molecule has 1 heterocycles. The predicted octanol–water partition coefficient (Wildman–Crippen LogP) is 4.87. The molecule has 0 N–H and O–H groups in total. The van der Waals surface area contributed by atoms with Crippen molar-refractivity contribution in [2.45, 2.75) is 6.54 Å². The van der Waals surface area contributed by atoms with Gasteiger partial charge in [0.1, 0.15) is 11.5 Å². The minimum absolute atomic E-state index is 0.337. The summed E-state index contributed by atoms with van der Waals surface area (Å²) in [5.74, 6) is 3.59. The van der Waals surface area contributed by atoms with E-state index in [1.54, 1.807) is 18.2 Å². The maximum atomic E-state index is 12.8. The number of para-hydroxylation sites is 2. The number of carbonyl (C=O) groups excluding carboxylic acids is 1. The number of nitrogens with zero attached hydrogens (tertiary/aromatic N) is 2. The molecular formula is C23H16N2O2S. The Balaban J connectivity index is 1.69. The van der Waals surface area contributed by atoms with Crippen molar-refractivity contribution in [1.29, 1.82) is 0 Å². The molecule has 0 atom stereocenters. The Labute approximate surface area is 166 Å². The van der Waals surface area contributed by atoms with Crippen LogP contribution in [0.25, 0.3) is 10.2 Å². The van der Waals surface area contributed by atoms with Crippen LogP contribution in [0.5, 0.6) is 11.5 Å². The highest BCUT2D eigenvalue weighted by Gasteiger charge is 2.09. The van der Waals surface area contributed by atoms with E-state index in [9.17, 15) is 4.79 Å². The fraction of sp³-hybridized carbons (Fsp3) is 0.0435. The summed E-state index contributed by atoms with van der Waals surface area (Å²) in [6, 6.07) is 24.3. The standard InChI is InChI=1S/C23H16N2O2S/c1-2-15-25-20-13-6-7-14-21(20)28-23(25)24-22(26)17-9-8-12-19(16-17)27-18-10-4-3-5-11-18/h1,3-14,16H,15H2. The second-order valence-electron chi connectivity index (χ2n) is 6.00. The van der Waals surface area contributed by atoms with E-state index in [1.165, 1.54) is 11.3 Å². The van der Waals surface area contributed by atoms with E-state index in [0.29, 0.717) is 28.4 Å². The first-order chi connectivity index (χ1) is 13.7. The molecule has 0 bridgehead atoms. The zero-order valence-corrected chi connectivity index (χ0v) is 15.7. The Morgan fingerprint density at radius 2 is 1.75 bits per heavy atom. The van der Waals surface area contributed by atoms with E-state index < -0.39 is 0 Å². The number of carbonyl (C=O) groups is 1. The number of fused-ring (bicyclic) bond motifs is 1. The molecule has 3 aromatic carbocycles. The molecule has 0 aliphatic heterocycles. The van der Waals surface area contributed by atoms with Gasteiger partial charge in [0.25, 0.3) is 5.91 Å². The molecule has 136 valence electrons. The Morgan fingerprint density at radius 3 is 2.57 bits per heavy atom. The molecule has 0 saturated heterocycles. The van der Waals surface area contributed by atoms with Crippen LogP contribution < -0.4 is 9.54 Å². The van der Waals surface area contributed by atoms with Crippen LogP contribution in [-0.2, 0) is 6.54 Å². The molecule has 0 radical (unpaired) electrons. The first kappa shape index (κ1) is 17.8. The Kier molecular flexibility index (Phi) is 5.05. The number of hydrogen-bond donors (Lipinski definition) is 0. The van der Waals surface area contributed by atoms with Gasteiger partial charge in [0, 0.05) is 5.56 Å². The highest BCUT2D eigenvalue weighted by Crippen LogP contribution is 2.22. The van der Waals surface area contributed by atoms with Gasteiger partial charge in [-0.1, -0.05) is 53.7 Å². The molecule has 0 saturated carbocycles. The van der Waals surface area contributed by atoms with Crippen molar-refractivity contribution in [3.8, 4) is 23.8 Å². The molecule has 0 aliphatic rings. The summed E-state index contributed by atoms with van der Waals surface area (Å²) >= 11 is 1.44. The largest absolute Gasteiger partial charge is 0.457 e. The van der Waals surface area contributed by atoms with Crippen LogP contribution in [0.3, 0.4) is 0 Å². The van der Waals surface area contributed by atoms with Crippen molar-refractivity contribution < 1.29 is 9.53 Å². The average molecular weight is 384 g/mol. The van der Waals surface area contributed by atoms with Crippen molar-refractivity contribution >= 4 is 27.5 Å². The first-order valence-corrected chi connectivity index (χ1v) is 9.50. The molecule has 1 aromatic heterocycles. The van der Waals surface area contributed by atoms with Crippen molar-refractivity contribution in [3.63, 3.8) is 0 Å². The number of amides is 1. The summed E-state index contributed by atoms with van der Waals surface area (Å²) < 4.78 is 8.72. The first-order valence-electron chi connectivity index (χ1n) is 8.68. The molecule has 0 aliphatic carbocycles. The van der Waals surface area contributed by atoms with Crippen LogP contribution in [0.2, 0.25) is 0 Å². The van der Waals surface area contributed by atoms with Crippen LogP contribution in [0.15, 0.2) is 83.9 Å². The van der Waals surface area contributed by atoms with Gasteiger partial charge in [-0.2, -0.15) is 4.99 Å². The lowest BCUT2D eigenvalue weighted by atomic mass is 10.2. The van der Waals surface area contributed by atoms with E-state index in [2.05, 4.69) is 10.9 Å². The zero-order chi connectivity index (χ0) is 19.3. The van der Waals surface area contributed by atoms with Crippen molar-refractivity contribution in [2.24, 2.45) is 4.99 Å². The molecule has 4 aromatic rings. The summed E-state index contributed by atoms with van der Waals surface area (Å²) in [6.45, 7) is 0.354. The van der Waals surface area contributed by atoms with Gasteiger partial charge in [0.2, 0.25) is 0 Å². The van der Waals surface area contributed by atoms with Crippen LogP contribution in [0.4, 0.5) is 0 Å². The van der Waals surface area contributed by atoms with Gasteiger partial charge in [-0.3, -0.25) is 4.79 Å². The topological polar surface area (TPSA) is 43.6 Å². The maximum Gasteiger partial charge on any atom is 0.279 e. The third-order valence-electron chi connectivity index (χ3n) is 4.09. The molecular weight excluding hydrogens is 368 g/mol. The molecule has 0 spiro atoms. The van der Waals surface area contributed by atoms with Gasteiger partial charge < -0.3 is 9.30 Å². The number of terminal acetylenes is 1. The van der Waals surface area contributed by atoms with Crippen molar-refractivity contribution in [3.05, 3.63) is 89.2 Å². The molecule has 5 heteroatoms. The molecule has 28 heavy (non-hydrogen) atoms. The molecule has 4 nitrogen and oxygen atoms in total. The minimum Gasteiger partial charge on any atom is -0.457 e. The molecule has 4 rings (SSSR count). The smallest absolute Gasteiger partial charge is 0.279 e. The zero-order valence-electron chi connectivity index (χ0n) is 14.9. The number of hydrogen-bond acceptors (Lipinski definition) is 3. The summed E-state index contributed by atoms with van der Waals surface area (Å²) in [6.07, 6.45) is 5.51. The molecule has 0 unspecified atom stereocenters.